The highest BCUT2D eigenvalue weighted by Crippen LogP contribution is 2.22. The third-order valence-corrected chi connectivity index (χ3v) is 3.10. The SMILES string of the molecule is Cc1cc(-c2n[nH]c(=S)c(C)c2C)ccn1. The normalized spacial score (nSPS) is 10.4. The maximum absolute atomic E-state index is 5.15. The van der Waals surface area contributed by atoms with E-state index >= 15 is 0 Å². The third-order valence-electron chi connectivity index (χ3n) is 2.70. The fraction of sp³-hybridized carbons (Fsp3) is 0.250. The van der Waals surface area contributed by atoms with Crippen molar-refractivity contribution in [2.75, 3.05) is 0 Å². The van der Waals surface area contributed by atoms with Crippen molar-refractivity contribution in [3.8, 4) is 11.3 Å². The van der Waals surface area contributed by atoms with Gasteiger partial charge in [-0.3, -0.25) is 10.1 Å². The lowest BCUT2D eigenvalue weighted by Crippen LogP contribution is -1.97. The molecule has 0 aliphatic heterocycles. The lowest BCUT2D eigenvalue weighted by Gasteiger charge is -2.07. The first kappa shape index (κ1) is 11.0. The second-order valence-corrected chi connectivity index (χ2v) is 4.25. The summed E-state index contributed by atoms with van der Waals surface area (Å²) in [5, 5.41) is 7.16. The van der Waals surface area contributed by atoms with Crippen LogP contribution < -0.4 is 0 Å². The van der Waals surface area contributed by atoms with E-state index in [2.05, 4.69) is 15.2 Å². The summed E-state index contributed by atoms with van der Waals surface area (Å²) in [5.74, 6) is 0. The van der Waals surface area contributed by atoms with Gasteiger partial charge in [-0.25, -0.2) is 0 Å². The Hall–Kier alpha value is -1.55. The van der Waals surface area contributed by atoms with Gasteiger partial charge >= 0.3 is 0 Å². The molecule has 0 saturated heterocycles. The molecular formula is C12H13N3S. The number of aromatic nitrogens is 3. The molecule has 0 aliphatic carbocycles. The molecule has 0 aliphatic rings. The Morgan fingerprint density at radius 3 is 2.62 bits per heavy atom. The van der Waals surface area contributed by atoms with Crippen molar-refractivity contribution in [3.63, 3.8) is 0 Å². The van der Waals surface area contributed by atoms with Crippen LogP contribution in [0.25, 0.3) is 11.3 Å². The number of nitrogens with zero attached hydrogens (tertiary/aromatic N) is 2. The van der Waals surface area contributed by atoms with Crippen molar-refractivity contribution in [1.29, 1.82) is 0 Å². The average Bonchev–Trinajstić information content (AvgIpc) is 2.26. The van der Waals surface area contributed by atoms with Crippen LogP contribution in [-0.2, 0) is 0 Å². The van der Waals surface area contributed by atoms with Crippen LogP contribution in [0.15, 0.2) is 18.3 Å². The molecule has 1 N–H and O–H groups in total. The monoisotopic (exact) mass is 231 g/mol. The molecule has 0 atom stereocenters. The minimum absolute atomic E-state index is 0.701. The van der Waals surface area contributed by atoms with Crippen molar-refractivity contribution < 1.29 is 0 Å². The molecule has 2 aromatic heterocycles. The summed E-state index contributed by atoms with van der Waals surface area (Å²) in [6.45, 7) is 6.02. The number of pyridine rings is 1. The predicted octanol–water partition coefficient (Wildman–Crippen LogP) is 3.13. The highest BCUT2D eigenvalue weighted by Gasteiger charge is 2.07. The number of aryl methyl sites for hydroxylation is 1. The van der Waals surface area contributed by atoms with Crippen LogP contribution in [0.3, 0.4) is 0 Å². The van der Waals surface area contributed by atoms with Crippen molar-refractivity contribution >= 4 is 12.2 Å². The minimum Gasteiger partial charge on any atom is -0.267 e. The zero-order valence-corrected chi connectivity index (χ0v) is 10.4. The molecule has 0 aromatic carbocycles. The van der Waals surface area contributed by atoms with Gasteiger partial charge in [-0.1, -0.05) is 12.2 Å². The lowest BCUT2D eigenvalue weighted by molar-refractivity contribution is 0.985. The molecular weight excluding hydrogens is 218 g/mol. The molecule has 82 valence electrons. The summed E-state index contributed by atoms with van der Waals surface area (Å²) in [6, 6.07) is 3.98. The predicted molar refractivity (Wildman–Crippen MR) is 66.9 cm³/mol. The molecule has 0 radical (unpaired) electrons. The van der Waals surface area contributed by atoms with Crippen molar-refractivity contribution in [2.24, 2.45) is 0 Å². The van der Waals surface area contributed by atoms with E-state index in [1.807, 2.05) is 32.9 Å². The minimum atomic E-state index is 0.701. The van der Waals surface area contributed by atoms with Gasteiger partial charge in [0.25, 0.3) is 0 Å². The van der Waals surface area contributed by atoms with Gasteiger partial charge in [-0.2, -0.15) is 5.10 Å². The molecule has 0 saturated carbocycles. The van der Waals surface area contributed by atoms with E-state index in [0.29, 0.717) is 4.64 Å². The molecule has 16 heavy (non-hydrogen) atoms. The van der Waals surface area contributed by atoms with E-state index < -0.39 is 0 Å². The second kappa shape index (κ2) is 4.14. The molecule has 2 heterocycles. The fourth-order valence-corrected chi connectivity index (χ4v) is 1.79. The number of hydrogen-bond donors (Lipinski definition) is 1. The van der Waals surface area contributed by atoms with Gasteiger partial charge < -0.3 is 0 Å². The van der Waals surface area contributed by atoms with Gasteiger partial charge in [0.05, 0.1) is 5.69 Å². The largest absolute Gasteiger partial charge is 0.267 e. The first-order valence-electron chi connectivity index (χ1n) is 5.08. The standard InChI is InChI=1S/C12H13N3S/c1-7-6-10(4-5-13-7)11-8(2)9(3)12(16)15-14-11/h4-6H,1-3H3,(H,15,16). The van der Waals surface area contributed by atoms with Crippen molar-refractivity contribution in [3.05, 3.63) is 39.8 Å². The van der Waals surface area contributed by atoms with Crippen molar-refractivity contribution in [2.45, 2.75) is 20.8 Å². The second-order valence-electron chi connectivity index (χ2n) is 3.84. The van der Waals surface area contributed by atoms with E-state index in [-0.39, 0.29) is 0 Å². The van der Waals surface area contributed by atoms with Crippen LogP contribution in [0.4, 0.5) is 0 Å². The summed E-state index contributed by atoms with van der Waals surface area (Å²) in [4.78, 5) is 4.18. The number of nitrogens with one attached hydrogen (secondary N) is 1. The molecule has 0 bridgehead atoms. The Morgan fingerprint density at radius 1 is 1.19 bits per heavy atom. The maximum atomic E-state index is 5.15. The summed E-state index contributed by atoms with van der Waals surface area (Å²) < 4.78 is 0.701. The van der Waals surface area contributed by atoms with Crippen LogP contribution in [0.2, 0.25) is 0 Å². The maximum Gasteiger partial charge on any atom is 0.122 e. The van der Waals surface area contributed by atoms with E-state index in [0.717, 1.165) is 28.1 Å². The first-order valence-corrected chi connectivity index (χ1v) is 5.49. The number of H-pyrrole nitrogens is 1. The number of rotatable bonds is 1. The summed E-state index contributed by atoms with van der Waals surface area (Å²) in [7, 11) is 0. The van der Waals surface area contributed by atoms with Crippen LogP contribution >= 0.6 is 12.2 Å². The molecule has 0 spiro atoms. The van der Waals surface area contributed by atoms with Crippen LogP contribution in [0.1, 0.15) is 16.8 Å². The number of aromatic amines is 1. The summed E-state index contributed by atoms with van der Waals surface area (Å²) in [5.41, 5.74) is 5.19. The van der Waals surface area contributed by atoms with Crippen LogP contribution in [0, 0.1) is 25.4 Å². The molecule has 0 fully saturated rings. The highest BCUT2D eigenvalue weighted by atomic mass is 32.1. The van der Waals surface area contributed by atoms with E-state index in [1.54, 1.807) is 6.20 Å². The van der Waals surface area contributed by atoms with Gasteiger partial charge in [0, 0.05) is 17.5 Å². The molecule has 4 heteroatoms. The van der Waals surface area contributed by atoms with E-state index in [9.17, 15) is 0 Å². The topological polar surface area (TPSA) is 41.6 Å². The fourth-order valence-electron chi connectivity index (χ4n) is 1.60. The zero-order valence-electron chi connectivity index (χ0n) is 9.53. The van der Waals surface area contributed by atoms with Gasteiger partial charge in [-0.15, -0.1) is 0 Å². The summed E-state index contributed by atoms with van der Waals surface area (Å²) in [6.07, 6.45) is 1.79. The molecule has 3 nitrogen and oxygen atoms in total. The third kappa shape index (κ3) is 1.88. The zero-order chi connectivity index (χ0) is 11.7. The molecule has 2 rings (SSSR count). The molecule has 0 amide bonds. The van der Waals surface area contributed by atoms with Crippen LogP contribution in [0.5, 0.6) is 0 Å². The summed E-state index contributed by atoms with van der Waals surface area (Å²) >= 11 is 5.15. The first-order chi connectivity index (χ1) is 7.59. The quantitative estimate of drug-likeness (QED) is 0.767. The van der Waals surface area contributed by atoms with E-state index in [4.69, 9.17) is 12.2 Å². The average molecular weight is 231 g/mol. The van der Waals surface area contributed by atoms with Gasteiger partial charge in [0.15, 0.2) is 0 Å². The van der Waals surface area contributed by atoms with E-state index in [1.165, 1.54) is 0 Å². The Bertz CT molecular complexity index is 587. The van der Waals surface area contributed by atoms with Crippen LogP contribution in [-0.4, -0.2) is 15.2 Å². The highest BCUT2D eigenvalue weighted by molar-refractivity contribution is 7.71. The Labute approximate surface area is 99.6 Å². The van der Waals surface area contributed by atoms with Crippen molar-refractivity contribution in [1.82, 2.24) is 15.2 Å². The Kier molecular flexibility index (Phi) is 2.83. The Morgan fingerprint density at radius 2 is 1.94 bits per heavy atom. The number of hydrogen-bond acceptors (Lipinski definition) is 3. The molecule has 2 aromatic rings. The smallest absolute Gasteiger partial charge is 0.122 e. The van der Waals surface area contributed by atoms with Gasteiger partial charge in [-0.05, 0) is 44.0 Å². The molecule has 0 unspecified atom stereocenters. The van der Waals surface area contributed by atoms with Gasteiger partial charge in [0.1, 0.15) is 4.64 Å². The lowest BCUT2D eigenvalue weighted by atomic mass is 10.1. The van der Waals surface area contributed by atoms with Gasteiger partial charge in [0.2, 0.25) is 0 Å². The Balaban J connectivity index is 2.66.